The molecule has 0 aliphatic carbocycles. The molecule has 0 heterocycles. The quantitative estimate of drug-likeness (QED) is 0.666. The molecule has 0 aromatic carbocycles. The third kappa shape index (κ3) is 5.35. The summed E-state index contributed by atoms with van der Waals surface area (Å²) in [5, 5.41) is 8.46. The minimum atomic E-state index is 0.0169. The van der Waals surface area contributed by atoms with Gasteiger partial charge in [-0.3, -0.25) is 4.79 Å². The average Bonchev–Trinajstić information content (AvgIpc) is 2.09. The number of hydrogen-bond acceptors (Lipinski definition) is 3. The molecule has 0 rings (SSSR count). The lowest BCUT2D eigenvalue weighted by Crippen LogP contribution is -2.26. The molecular weight excluding hydrogens is 180 g/mol. The largest absolute Gasteiger partial charge is 0.394 e. The van der Waals surface area contributed by atoms with Gasteiger partial charge < -0.3 is 9.84 Å². The van der Waals surface area contributed by atoms with Gasteiger partial charge in [0.2, 0.25) is 0 Å². The minimum absolute atomic E-state index is 0.0169. The lowest BCUT2D eigenvalue weighted by Gasteiger charge is -2.25. The van der Waals surface area contributed by atoms with Crippen LogP contribution < -0.4 is 0 Å². The highest BCUT2D eigenvalue weighted by atomic mass is 16.5. The molecule has 0 fully saturated rings. The highest BCUT2D eigenvalue weighted by molar-refractivity contribution is 5.81. The average molecular weight is 202 g/mol. The van der Waals surface area contributed by atoms with Crippen LogP contribution in [0.25, 0.3) is 0 Å². The number of Topliss-reactive ketones (excluding diaryl/α,β-unsaturated/α-hetero) is 1. The van der Waals surface area contributed by atoms with E-state index in [9.17, 15) is 4.79 Å². The molecule has 0 aliphatic heterocycles. The first kappa shape index (κ1) is 13.6. The van der Waals surface area contributed by atoms with E-state index >= 15 is 0 Å². The Morgan fingerprint density at radius 3 is 2.36 bits per heavy atom. The second-order valence-corrected chi connectivity index (χ2v) is 4.64. The predicted octanol–water partition coefficient (Wildman–Crippen LogP) is 1.64. The summed E-state index contributed by atoms with van der Waals surface area (Å²) in [6, 6.07) is 0. The first-order valence-electron chi connectivity index (χ1n) is 5.11. The van der Waals surface area contributed by atoms with Crippen molar-refractivity contribution in [2.24, 2.45) is 11.3 Å². The highest BCUT2D eigenvalue weighted by Gasteiger charge is 2.25. The third-order valence-electron chi connectivity index (χ3n) is 2.51. The van der Waals surface area contributed by atoms with Crippen molar-refractivity contribution in [2.75, 3.05) is 19.8 Å². The number of ketones is 1. The molecule has 1 atom stereocenters. The summed E-state index contributed by atoms with van der Waals surface area (Å²) >= 11 is 0. The van der Waals surface area contributed by atoms with Crippen molar-refractivity contribution < 1.29 is 14.6 Å². The normalized spacial score (nSPS) is 14.1. The van der Waals surface area contributed by atoms with Crippen molar-refractivity contribution in [1.82, 2.24) is 0 Å². The minimum Gasteiger partial charge on any atom is -0.394 e. The lowest BCUT2D eigenvalue weighted by molar-refractivity contribution is -0.126. The second kappa shape index (κ2) is 6.14. The zero-order valence-electron chi connectivity index (χ0n) is 9.67. The molecule has 84 valence electrons. The van der Waals surface area contributed by atoms with Gasteiger partial charge >= 0.3 is 0 Å². The van der Waals surface area contributed by atoms with Gasteiger partial charge in [-0.25, -0.2) is 0 Å². The van der Waals surface area contributed by atoms with E-state index in [-0.39, 0.29) is 23.7 Å². The molecule has 0 saturated heterocycles. The van der Waals surface area contributed by atoms with Crippen LogP contribution in [0.3, 0.4) is 0 Å². The Morgan fingerprint density at radius 1 is 1.36 bits per heavy atom. The third-order valence-corrected chi connectivity index (χ3v) is 2.51. The molecule has 0 radical (unpaired) electrons. The molecule has 1 unspecified atom stereocenters. The Labute approximate surface area is 86.5 Å². The summed E-state index contributed by atoms with van der Waals surface area (Å²) in [5.74, 6) is 0.288. The summed E-state index contributed by atoms with van der Waals surface area (Å²) in [7, 11) is 0. The molecule has 0 saturated carbocycles. The standard InChI is InChI=1S/C11H22O3/c1-9(11(2,3)4)10(13)5-7-14-8-6-12/h9,12H,5-8H2,1-4H3. The van der Waals surface area contributed by atoms with Crippen LogP contribution in [0.5, 0.6) is 0 Å². The molecule has 1 N–H and O–H groups in total. The van der Waals surface area contributed by atoms with Crippen LogP contribution in [0, 0.1) is 11.3 Å². The number of carbonyl (C=O) groups excluding carboxylic acids is 1. The zero-order chi connectivity index (χ0) is 11.2. The van der Waals surface area contributed by atoms with E-state index in [2.05, 4.69) is 20.8 Å². The monoisotopic (exact) mass is 202 g/mol. The summed E-state index contributed by atoms with van der Waals surface area (Å²) in [6.45, 7) is 8.88. The van der Waals surface area contributed by atoms with Gasteiger partial charge in [0.1, 0.15) is 5.78 Å². The molecule has 0 bridgehead atoms. The van der Waals surface area contributed by atoms with Gasteiger partial charge in [-0.2, -0.15) is 0 Å². The van der Waals surface area contributed by atoms with E-state index in [1.165, 1.54) is 0 Å². The van der Waals surface area contributed by atoms with Crippen LogP contribution in [0.4, 0.5) is 0 Å². The van der Waals surface area contributed by atoms with E-state index < -0.39 is 0 Å². The Hall–Kier alpha value is -0.410. The van der Waals surface area contributed by atoms with Gasteiger partial charge in [-0.1, -0.05) is 27.7 Å². The van der Waals surface area contributed by atoms with E-state index in [0.717, 1.165) is 0 Å². The molecule has 0 aliphatic rings. The van der Waals surface area contributed by atoms with E-state index in [1.807, 2.05) is 6.92 Å². The zero-order valence-corrected chi connectivity index (χ0v) is 9.67. The van der Waals surface area contributed by atoms with Crippen LogP contribution in [0.2, 0.25) is 0 Å². The lowest BCUT2D eigenvalue weighted by atomic mass is 9.79. The van der Waals surface area contributed by atoms with Crippen molar-refractivity contribution in [3.05, 3.63) is 0 Å². The van der Waals surface area contributed by atoms with E-state index in [4.69, 9.17) is 9.84 Å². The molecule has 0 amide bonds. The van der Waals surface area contributed by atoms with E-state index in [1.54, 1.807) is 0 Å². The molecule has 0 aromatic rings. The fourth-order valence-electron chi connectivity index (χ4n) is 1.04. The van der Waals surface area contributed by atoms with E-state index in [0.29, 0.717) is 19.6 Å². The maximum atomic E-state index is 11.6. The molecule has 14 heavy (non-hydrogen) atoms. The Morgan fingerprint density at radius 2 is 1.93 bits per heavy atom. The number of carbonyl (C=O) groups is 1. The number of aliphatic hydroxyl groups excluding tert-OH is 1. The van der Waals surface area contributed by atoms with Gasteiger partial charge in [0, 0.05) is 12.3 Å². The summed E-state index contributed by atoms with van der Waals surface area (Å²) in [4.78, 5) is 11.6. The maximum absolute atomic E-state index is 11.6. The van der Waals surface area contributed by atoms with Crippen molar-refractivity contribution in [2.45, 2.75) is 34.1 Å². The van der Waals surface area contributed by atoms with Gasteiger partial charge in [0.05, 0.1) is 19.8 Å². The van der Waals surface area contributed by atoms with Crippen LogP contribution in [-0.4, -0.2) is 30.7 Å². The smallest absolute Gasteiger partial charge is 0.138 e. The Kier molecular flexibility index (Phi) is 5.96. The molecule has 0 aromatic heterocycles. The number of ether oxygens (including phenoxy) is 1. The van der Waals surface area contributed by atoms with Crippen molar-refractivity contribution in [3.8, 4) is 0 Å². The Bertz CT molecular complexity index is 170. The fourth-order valence-corrected chi connectivity index (χ4v) is 1.04. The van der Waals surface area contributed by atoms with Crippen LogP contribution in [0.1, 0.15) is 34.1 Å². The number of rotatable bonds is 6. The maximum Gasteiger partial charge on any atom is 0.138 e. The van der Waals surface area contributed by atoms with Crippen LogP contribution in [0.15, 0.2) is 0 Å². The number of hydrogen-bond donors (Lipinski definition) is 1. The van der Waals surface area contributed by atoms with Gasteiger partial charge in [0.15, 0.2) is 0 Å². The Balaban J connectivity index is 3.74. The van der Waals surface area contributed by atoms with Gasteiger partial charge in [-0.05, 0) is 5.41 Å². The first-order chi connectivity index (χ1) is 6.39. The summed E-state index contributed by atoms with van der Waals surface area (Å²) in [5.41, 5.74) is 0.0219. The van der Waals surface area contributed by atoms with Crippen molar-refractivity contribution in [3.63, 3.8) is 0 Å². The van der Waals surface area contributed by atoms with Crippen LogP contribution in [-0.2, 0) is 9.53 Å². The topological polar surface area (TPSA) is 46.5 Å². The predicted molar refractivity (Wildman–Crippen MR) is 56.1 cm³/mol. The van der Waals surface area contributed by atoms with Gasteiger partial charge in [0.25, 0.3) is 0 Å². The summed E-state index contributed by atoms with van der Waals surface area (Å²) < 4.78 is 5.05. The second-order valence-electron chi connectivity index (χ2n) is 4.64. The number of aliphatic hydroxyl groups is 1. The van der Waals surface area contributed by atoms with Crippen molar-refractivity contribution in [1.29, 1.82) is 0 Å². The molecule has 0 spiro atoms. The summed E-state index contributed by atoms with van der Waals surface area (Å²) in [6.07, 6.45) is 0.443. The molecule has 3 nitrogen and oxygen atoms in total. The fraction of sp³-hybridized carbons (Fsp3) is 0.909. The van der Waals surface area contributed by atoms with Gasteiger partial charge in [-0.15, -0.1) is 0 Å². The van der Waals surface area contributed by atoms with Crippen LogP contribution >= 0.6 is 0 Å². The van der Waals surface area contributed by atoms with Crippen molar-refractivity contribution >= 4 is 5.78 Å². The SMILES string of the molecule is CC(C(=O)CCOCCO)C(C)(C)C. The highest BCUT2D eigenvalue weighted by Crippen LogP contribution is 2.26. The molecular formula is C11H22O3. The molecule has 3 heteroatoms. The first-order valence-corrected chi connectivity index (χ1v) is 5.11.